The molecule has 2 aliphatic rings. The van der Waals surface area contributed by atoms with Crippen LogP contribution in [0.15, 0.2) is 52.9 Å². The standard InChI is InChI=1S/C23H24N2O3/c1-14-9-17-10-16(5-8-21(17)28-14)23(26)25-13-18-11-24-12-20(18)22(25)15-3-6-19(27-2)7-4-15/h3-10,18,20,22,24H,11-13H2,1-2H3/t18-,20-,22+/m0/s1. The van der Waals surface area contributed by atoms with Crippen molar-refractivity contribution in [1.82, 2.24) is 10.2 Å². The number of carbonyl (C=O) groups is 1. The van der Waals surface area contributed by atoms with Crippen molar-refractivity contribution in [1.29, 1.82) is 0 Å². The van der Waals surface area contributed by atoms with E-state index in [9.17, 15) is 4.79 Å². The van der Waals surface area contributed by atoms with Gasteiger partial charge in [-0.25, -0.2) is 0 Å². The second-order valence-corrected chi connectivity index (χ2v) is 7.87. The van der Waals surface area contributed by atoms with Crippen molar-refractivity contribution >= 4 is 16.9 Å². The second kappa shape index (κ2) is 6.67. The molecule has 0 spiro atoms. The molecule has 1 amide bonds. The number of nitrogens with one attached hydrogen (secondary N) is 1. The molecule has 1 N–H and O–H groups in total. The maximum atomic E-state index is 13.5. The molecular formula is C23H24N2O3. The number of rotatable bonds is 3. The van der Waals surface area contributed by atoms with Crippen molar-refractivity contribution in [2.45, 2.75) is 13.0 Å². The van der Waals surface area contributed by atoms with E-state index in [0.717, 1.165) is 47.7 Å². The van der Waals surface area contributed by atoms with Crippen LogP contribution < -0.4 is 10.1 Å². The van der Waals surface area contributed by atoms with E-state index >= 15 is 0 Å². The Labute approximate surface area is 164 Å². The molecule has 5 heteroatoms. The molecule has 2 fully saturated rings. The number of fused-ring (bicyclic) bond motifs is 2. The van der Waals surface area contributed by atoms with Crippen LogP contribution >= 0.6 is 0 Å². The Morgan fingerprint density at radius 3 is 2.75 bits per heavy atom. The van der Waals surface area contributed by atoms with Gasteiger partial charge in [0.25, 0.3) is 5.91 Å². The summed E-state index contributed by atoms with van der Waals surface area (Å²) in [5.41, 5.74) is 2.72. The Bertz CT molecular complexity index is 1020. The fourth-order valence-electron chi connectivity index (χ4n) is 4.83. The monoisotopic (exact) mass is 376 g/mol. The van der Waals surface area contributed by atoms with E-state index in [4.69, 9.17) is 9.15 Å². The quantitative estimate of drug-likeness (QED) is 0.756. The Kier molecular flexibility index (Phi) is 4.13. The first-order valence-corrected chi connectivity index (χ1v) is 9.80. The zero-order valence-corrected chi connectivity index (χ0v) is 16.1. The summed E-state index contributed by atoms with van der Waals surface area (Å²) in [6.45, 7) is 4.64. The molecule has 0 saturated carbocycles. The lowest BCUT2D eigenvalue weighted by Crippen LogP contribution is -2.34. The van der Waals surface area contributed by atoms with Crippen LogP contribution in [0.5, 0.6) is 5.75 Å². The molecule has 28 heavy (non-hydrogen) atoms. The summed E-state index contributed by atoms with van der Waals surface area (Å²) in [5, 5.41) is 4.47. The molecule has 3 heterocycles. The van der Waals surface area contributed by atoms with Crippen molar-refractivity contribution in [3.05, 3.63) is 65.4 Å². The number of aryl methyl sites for hydroxylation is 1. The number of likely N-dealkylation sites (tertiary alicyclic amines) is 1. The van der Waals surface area contributed by atoms with Gasteiger partial charge in [-0.3, -0.25) is 4.79 Å². The van der Waals surface area contributed by atoms with Crippen LogP contribution in [0.25, 0.3) is 11.0 Å². The summed E-state index contributed by atoms with van der Waals surface area (Å²) in [7, 11) is 1.67. The van der Waals surface area contributed by atoms with Crippen molar-refractivity contribution in [3.8, 4) is 5.75 Å². The molecule has 0 radical (unpaired) electrons. The fourth-order valence-corrected chi connectivity index (χ4v) is 4.83. The molecule has 5 nitrogen and oxygen atoms in total. The molecule has 2 saturated heterocycles. The van der Waals surface area contributed by atoms with Crippen molar-refractivity contribution in [2.24, 2.45) is 11.8 Å². The number of furan rings is 1. The Morgan fingerprint density at radius 2 is 1.96 bits per heavy atom. The number of hydrogen-bond acceptors (Lipinski definition) is 4. The highest BCUT2D eigenvalue weighted by Crippen LogP contribution is 2.43. The molecule has 0 bridgehead atoms. The van der Waals surface area contributed by atoms with Crippen LogP contribution in [0, 0.1) is 18.8 Å². The van der Waals surface area contributed by atoms with E-state index in [-0.39, 0.29) is 11.9 Å². The van der Waals surface area contributed by atoms with Crippen molar-refractivity contribution in [2.75, 3.05) is 26.7 Å². The topological polar surface area (TPSA) is 54.7 Å². The van der Waals surface area contributed by atoms with Crippen LogP contribution in [-0.2, 0) is 0 Å². The fraction of sp³-hybridized carbons (Fsp3) is 0.348. The summed E-state index contributed by atoms with van der Waals surface area (Å²) >= 11 is 0. The molecule has 3 atom stereocenters. The van der Waals surface area contributed by atoms with Gasteiger partial charge < -0.3 is 19.4 Å². The molecule has 0 unspecified atom stereocenters. The van der Waals surface area contributed by atoms with Gasteiger partial charge in [-0.15, -0.1) is 0 Å². The van der Waals surface area contributed by atoms with Gasteiger partial charge >= 0.3 is 0 Å². The summed E-state index contributed by atoms with van der Waals surface area (Å²) in [6.07, 6.45) is 0. The van der Waals surface area contributed by atoms with E-state index < -0.39 is 0 Å². The molecule has 2 aliphatic heterocycles. The van der Waals surface area contributed by atoms with Crippen LogP contribution in [0.3, 0.4) is 0 Å². The highest BCUT2D eigenvalue weighted by molar-refractivity contribution is 5.98. The number of carbonyl (C=O) groups excluding carboxylic acids is 1. The first-order valence-electron chi connectivity index (χ1n) is 9.80. The maximum Gasteiger partial charge on any atom is 0.254 e. The van der Waals surface area contributed by atoms with E-state index in [1.807, 2.05) is 43.3 Å². The predicted molar refractivity (Wildman–Crippen MR) is 108 cm³/mol. The van der Waals surface area contributed by atoms with E-state index in [2.05, 4.69) is 22.3 Å². The first-order chi connectivity index (χ1) is 13.6. The summed E-state index contributed by atoms with van der Waals surface area (Å²) < 4.78 is 11.0. The number of nitrogens with zero attached hydrogens (tertiary/aromatic N) is 1. The number of methoxy groups -OCH3 is 1. The number of amides is 1. The van der Waals surface area contributed by atoms with Crippen molar-refractivity contribution in [3.63, 3.8) is 0 Å². The lowest BCUT2D eigenvalue weighted by molar-refractivity contribution is 0.0714. The predicted octanol–water partition coefficient (Wildman–Crippen LogP) is 3.78. The molecule has 2 aromatic carbocycles. The van der Waals surface area contributed by atoms with E-state index in [1.54, 1.807) is 7.11 Å². The van der Waals surface area contributed by atoms with Crippen LogP contribution in [0.2, 0.25) is 0 Å². The summed E-state index contributed by atoms with van der Waals surface area (Å²) in [6, 6.07) is 15.9. The minimum Gasteiger partial charge on any atom is -0.497 e. The Hall–Kier alpha value is -2.79. The molecule has 1 aromatic heterocycles. The van der Waals surface area contributed by atoms with Gasteiger partial charge in [0.15, 0.2) is 0 Å². The van der Waals surface area contributed by atoms with Gasteiger partial charge in [-0.05, 0) is 54.8 Å². The third-order valence-corrected chi connectivity index (χ3v) is 6.17. The third-order valence-electron chi connectivity index (χ3n) is 6.17. The number of ether oxygens (including phenoxy) is 1. The van der Waals surface area contributed by atoms with Crippen molar-refractivity contribution < 1.29 is 13.9 Å². The lowest BCUT2D eigenvalue weighted by atomic mass is 9.89. The van der Waals surface area contributed by atoms with Gasteiger partial charge in [-0.2, -0.15) is 0 Å². The average molecular weight is 376 g/mol. The molecule has 144 valence electrons. The van der Waals surface area contributed by atoms with Gasteiger partial charge in [-0.1, -0.05) is 12.1 Å². The Balaban J connectivity index is 1.50. The summed E-state index contributed by atoms with van der Waals surface area (Å²) in [5.74, 6) is 2.73. The molecule has 0 aliphatic carbocycles. The maximum absolute atomic E-state index is 13.5. The zero-order chi connectivity index (χ0) is 19.3. The highest BCUT2D eigenvalue weighted by atomic mass is 16.5. The number of benzene rings is 2. The molecule has 5 rings (SSSR count). The first kappa shape index (κ1) is 17.3. The third kappa shape index (κ3) is 2.78. The van der Waals surface area contributed by atoms with Gasteiger partial charge in [0.05, 0.1) is 13.2 Å². The summed E-state index contributed by atoms with van der Waals surface area (Å²) in [4.78, 5) is 15.5. The minimum atomic E-state index is 0.0835. The van der Waals surface area contributed by atoms with Crippen LogP contribution in [-0.4, -0.2) is 37.6 Å². The van der Waals surface area contributed by atoms with Gasteiger partial charge in [0.2, 0.25) is 0 Å². The molecule has 3 aromatic rings. The minimum absolute atomic E-state index is 0.0835. The zero-order valence-electron chi connectivity index (χ0n) is 16.1. The number of hydrogen-bond donors (Lipinski definition) is 1. The van der Waals surface area contributed by atoms with Gasteiger partial charge in [0, 0.05) is 36.5 Å². The lowest BCUT2D eigenvalue weighted by Gasteiger charge is -2.28. The van der Waals surface area contributed by atoms with Crippen LogP contribution in [0.1, 0.15) is 27.7 Å². The largest absolute Gasteiger partial charge is 0.497 e. The van der Waals surface area contributed by atoms with Crippen LogP contribution in [0.4, 0.5) is 0 Å². The smallest absolute Gasteiger partial charge is 0.254 e. The SMILES string of the molecule is COc1ccc([C@@H]2[C@H]3CNC[C@H]3CN2C(=O)c2ccc3oc(C)cc3c2)cc1. The van der Waals surface area contributed by atoms with E-state index in [1.165, 1.54) is 5.56 Å². The van der Waals surface area contributed by atoms with E-state index in [0.29, 0.717) is 11.8 Å². The van der Waals surface area contributed by atoms with Gasteiger partial charge in [0.1, 0.15) is 17.1 Å². The second-order valence-electron chi connectivity index (χ2n) is 7.87. The highest BCUT2D eigenvalue weighted by Gasteiger charge is 2.46. The Morgan fingerprint density at radius 1 is 1.14 bits per heavy atom. The average Bonchev–Trinajstić information content (AvgIpc) is 3.39. The normalized spacial score (nSPS) is 23.9. The molecular weight excluding hydrogens is 352 g/mol.